The van der Waals surface area contributed by atoms with Gasteiger partial charge < -0.3 is 9.31 Å². The Morgan fingerprint density at radius 2 is 1.44 bits per heavy atom. The first kappa shape index (κ1) is 16.8. The first-order chi connectivity index (χ1) is 11.7. The fraction of sp³-hybridized carbons (Fsp3) is 0.476. The number of benzene rings is 1. The van der Waals surface area contributed by atoms with E-state index in [1.54, 1.807) is 0 Å². The standard InChI is InChI=1S/C21H26BNO2/c1-19(2)20(3,4)25-22(24-19)17-10-11-23-18(12-17)21(5)13-15-8-6-7-9-16(15)14-21/h6-12H,13-14H2,1-5H3. The Hall–Kier alpha value is -1.65. The van der Waals surface area contributed by atoms with Gasteiger partial charge in [-0.15, -0.1) is 0 Å². The molecular formula is C21H26BNO2. The van der Waals surface area contributed by atoms with E-state index in [9.17, 15) is 0 Å². The van der Waals surface area contributed by atoms with E-state index in [1.165, 1.54) is 11.1 Å². The van der Waals surface area contributed by atoms with Crippen LogP contribution in [0.4, 0.5) is 0 Å². The Kier molecular flexibility index (Phi) is 3.65. The van der Waals surface area contributed by atoms with Crippen LogP contribution in [0.3, 0.4) is 0 Å². The van der Waals surface area contributed by atoms with Crippen molar-refractivity contribution in [2.75, 3.05) is 0 Å². The lowest BCUT2D eigenvalue weighted by atomic mass is 9.75. The van der Waals surface area contributed by atoms with Crippen LogP contribution in [0, 0.1) is 0 Å². The minimum atomic E-state index is -0.334. The molecule has 0 spiro atoms. The Labute approximate surface area is 150 Å². The average molecular weight is 335 g/mol. The Morgan fingerprint density at radius 1 is 0.880 bits per heavy atom. The number of fused-ring (bicyclic) bond motifs is 1. The fourth-order valence-corrected chi connectivity index (χ4v) is 3.89. The fourth-order valence-electron chi connectivity index (χ4n) is 3.89. The molecule has 1 fully saturated rings. The number of aromatic nitrogens is 1. The smallest absolute Gasteiger partial charge is 0.399 e. The zero-order valence-corrected chi connectivity index (χ0v) is 15.8. The number of pyridine rings is 1. The van der Waals surface area contributed by atoms with Crippen molar-refractivity contribution in [2.45, 2.75) is 64.1 Å². The largest absolute Gasteiger partial charge is 0.494 e. The number of rotatable bonds is 2. The molecule has 2 aromatic rings. The second kappa shape index (κ2) is 5.42. The SMILES string of the molecule is CC1(c2cc(B3OC(C)(C)C(C)(C)O3)ccn2)Cc2ccccc2C1. The van der Waals surface area contributed by atoms with Gasteiger partial charge in [0, 0.05) is 17.3 Å². The van der Waals surface area contributed by atoms with E-state index in [1.807, 2.05) is 12.3 Å². The van der Waals surface area contributed by atoms with Gasteiger partial charge in [-0.3, -0.25) is 4.98 Å². The van der Waals surface area contributed by atoms with Crippen molar-refractivity contribution in [3.05, 3.63) is 59.4 Å². The Balaban J connectivity index is 1.64. The molecule has 3 nitrogen and oxygen atoms in total. The molecule has 1 aromatic carbocycles. The molecule has 0 unspecified atom stereocenters. The van der Waals surface area contributed by atoms with Gasteiger partial charge in [0.1, 0.15) is 0 Å². The molecule has 1 aliphatic heterocycles. The van der Waals surface area contributed by atoms with Crippen LogP contribution in [0.5, 0.6) is 0 Å². The van der Waals surface area contributed by atoms with Crippen LogP contribution in [0.25, 0.3) is 0 Å². The predicted molar refractivity (Wildman–Crippen MR) is 101 cm³/mol. The molecule has 1 aliphatic carbocycles. The molecule has 4 heteroatoms. The van der Waals surface area contributed by atoms with Crippen LogP contribution in [-0.2, 0) is 27.6 Å². The summed E-state index contributed by atoms with van der Waals surface area (Å²) in [5, 5.41) is 0. The molecule has 0 radical (unpaired) electrons. The summed E-state index contributed by atoms with van der Waals surface area (Å²) in [7, 11) is -0.334. The maximum Gasteiger partial charge on any atom is 0.494 e. The molecule has 1 aromatic heterocycles. The summed E-state index contributed by atoms with van der Waals surface area (Å²) in [6.07, 6.45) is 3.95. The van der Waals surface area contributed by atoms with Crippen molar-refractivity contribution >= 4 is 12.6 Å². The summed E-state index contributed by atoms with van der Waals surface area (Å²) >= 11 is 0. The normalized spacial score (nSPS) is 22.8. The van der Waals surface area contributed by atoms with Gasteiger partial charge in [0.05, 0.1) is 11.2 Å². The highest BCUT2D eigenvalue weighted by Crippen LogP contribution is 2.39. The van der Waals surface area contributed by atoms with E-state index < -0.39 is 0 Å². The molecule has 4 rings (SSSR count). The minimum absolute atomic E-state index is 0.0311. The van der Waals surface area contributed by atoms with Gasteiger partial charge in [-0.1, -0.05) is 31.2 Å². The van der Waals surface area contributed by atoms with Gasteiger partial charge in [-0.25, -0.2) is 0 Å². The zero-order valence-electron chi connectivity index (χ0n) is 15.8. The summed E-state index contributed by atoms with van der Waals surface area (Å²) in [5.41, 5.74) is 4.43. The lowest BCUT2D eigenvalue weighted by Gasteiger charge is -2.32. The molecule has 130 valence electrons. The van der Waals surface area contributed by atoms with Gasteiger partial charge in [0.25, 0.3) is 0 Å². The maximum absolute atomic E-state index is 6.21. The quantitative estimate of drug-likeness (QED) is 0.788. The average Bonchev–Trinajstić information content (AvgIpc) is 3.01. The highest BCUT2D eigenvalue weighted by Gasteiger charge is 2.52. The van der Waals surface area contributed by atoms with E-state index in [2.05, 4.69) is 65.0 Å². The third kappa shape index (κ3) is 2.72. The first-order valence-corrected chi connectivity index (χ1v) is 9.09. The van der Waals surface area contributed by atoms with E-state index in [4.69, 9.17) is 14.3 Å². The molecular weight excluding hydrogens is 309 g/mol. The van der Waals surface area contributed by atoms with Gasteiger partial charge >= 0.3 is 7.12 Å². The van der Waals surface area contributed by atoms with Crippen LogP contribution in [0.1, 0.15) is 51.4 Å². The van der Waals surface area contributed by atoms with Crippen molar-refractivity contribution in [2.24, 2.45) is 0 Å². The second-order valence-electron chi connectivity index (χ2n) is 8.75. The summed E-state index contributed by atoms with van der Waals surface area (Å²) in [6, 6.07) is 12.9. The number of nitrogens with zero attached hydrogens (tertiary/aromatic N) is 1. The number of hydrogen-bond acceptors (Lipinski definition) is 3. The summed E-state index contributed by atoms with van der Waals surface area (Å²) in [4.78, 5) is 4.71. The highest BCUT2D eigenvalue weighted by atomic mass is 16.7. The van der Waals surface area contributed by atoms with E-state index in [0.717, 1.165) is 24.0 Å². The van der Waals surface area contributed by atoms with Crippen LogP contribution in [0.15, 0.2) is 42.6 Å². The Morgan fingerprint density at radius 3 is 2.00 bits per heavy atom. The lowest BCUT2D eigenvalue weighted by molar-refractivity contribution is 0.00578. The van der Waals surface area contributed by atoms with Crippen molar-refractivity contribution in [1.29, 1.82) is 0 Å². The van der Waals surface area contributed by atoms with Crippen LogP contribution in [-0.4, -0.2) is 23.3 Å². The predicted octanol–water partition coefficient (Wildman–Crippen LogP) is 3.44. The minimum Gasteiger partial charge on any atom is -0.399 e. The molecule has 2 heterocycles. The van der Waals surface area contributed by atoms with E-state index in [0.29, 0.717) is 0 Å². The molecule has 2 aliphatic rings. The molecule has 0 amide bonds. The lowest BCUT2D eigenvalue weighted by Crippen LogP contribution is -2.41. The van der Waals surface area contributed by atoms with Gasteiger partial charge in [0.2, 0.25) is 0 Å². The van der Waals surface area contributed by atoms with E-state index in [-0.39, 0.29) is 23.7 Å². The van der Waals surface area contributed by atoms with Crippen LogP contribution in [0.2, 0.25) is 0 Å². The van der Waals surface area contributed by atoms with Gasteiger partial charge in [0.15, 0.2) is 0 Å². The van der Waals surface area contributed by atoms with Gasteiger partial charge in [-0.05, 0) is 69.3 Å². The molecule has 0 saturated carbocycles. The van der Waals surface area contributed by atoms with E-state index >= 15 is 0 Å². The monoisotopic (exact) mass is 335 g/mol. The van der Waals surface area contributed by atoms with Crippen LogP contribution < -0.4 is 5.46 Å². The van der Waals surface area contributed by atoms with Crippen molar-refractivity contribution < 1.29 is 9.31 Å². The summed E-state index contributed by atoms with van der Waals surface area (Å²) in [5.74, 6) is 0. The highest BCUT2D eigenvalue weighted by molar-refractivity contribution is 6.62. The molecule has 0 N–H and O–H groups in total. The summed E-state index contributed by atoms with van der Waals surface area (Å²) in [6.45, 7) is 10.7. The number of hydrogen-bond donors (Lipinski definition) is 0. The maximum atomic E-state index is 6.21. The third-order valence-electron chi connectivity index (χ3n) is 6.21. The third-order valence-corrected chi connectivity index (χ3v) is 6.21. The van der Waals surface area contributed by atoms with Crippen molar-refractivity contribution in [3.63, 3.8) is 0 Å². The topological polar surface area (TPSA) is 31.4 Å². The van der Waals surface area contributed by atoms with Crippen LogP contribution >= 0.6 is 0 Å². The van der Waals surface area contributed by atoms with Gasteiger partial charge in [-0.2, -0.15) is 0 Å². The van der Waals surface area contributed by atoms with Crippen molar-refractivity contribution in [1.82, 2.24) is 4.98 Å². The summed E-state index contributed by atoms with van der Waals surface area (Å²) < 4.78 is 12.4. The second-order valence-corrected chi connectivity index (χ2v) is 8.75. The molecule has 1 saturated heterocycles. The zero-order chi connectivity index (χ0) is 17.9. The van der Waals surface area contributed by atoms with Crippen molar-refractivity contribution in [3.8, 4) is 0 Å². The first-order valence-electron chi connectivity index (χ1n) is 9.09. The molecule has 0 atom stereocenters. The molecule has 0 bridgehead atoms. The Bertz CT molecular complexity index is 774. The molecule has 25 heavy (non-hydrogen) atoms.